The Balaban J connectivity index is 2.12. The molecule has 4 heteroatoms. The van der Waals surface area contributed by atoms with E-state index < -0.39 is 11.6 Å². The molecule has 1 aliphatic rings. The van der Waals surface area contributed by atoms with Crippen molar-refractivity contribution in [2.45, 2.75) is 31.8 Å². The maximum Gasteiger partial charge on any atom is 0.348 e. The largest absolute Gasteiger partial charge is 0.478 e. The first-order valence-electron chi connectivity index (χ1n) is 5.94. The molecule has 1 aromatic carbocycles. The fraction of sp³-hybridized carbons (Fsp3) is 0.429. The van der Waals surface area contributed by atoms with Crippen LogP contribution in [0.25, 0.3) is 0 Å². The maximum atomic E-state index is 11.3. The van der Waals surface area contributed by atoms with Crippen molar-refractivity contribution < 1.29 is 14.6 Å². The van der Waals surface area contributed by atoms with Gasteiger partial charge < -0.3 is 9.84 Å². The van der Waals surface area contributed by atoms with Crippen LogP contribution >= 0.6 is 0 Å². The first-order valence-corrected chi connectivity index (χ1v) is 5.94. The number of benzene rings is 1. The van der Waals surface area contributed by atoms with Crippen molar-refractivity contribution in [2.75, 3.05) is 0 Å². The Labute approximate surface area is 106 Å². The van der Waals surface area contributed by atoms with E-state index in [0.717, 1.165) is 18.4 Å². The third kappa shape index (κ3) is 2.45. The van der Waals surface area contributed by atoms with Gasteiger partial charge in [-0.2, -0.15) is 5.26 Å². The normalized spacial score (nSPS) is 17.6. The van der Waals surface area contributed by atoms with E-state index in [4.69, 9.17) is 10.00 Å². The Morgan fingerprint density at radius 1 is 1.50 bits per heavy atom. The second-order valence-electron chi connectivity index (χ2n) is 4.77. The molecule has 0 aromatic heterocycles. The molecule has 1 fully saturated rings. The highest BCUT2D eigenvalue weighted by molar-refractivity contribution is 5.78. The van der Waals surface area contributed by atoms with Crippen LogP contribution in [-0.2, 0) is 11.2 Å². The molecule has 1 N–H and O–H groups in total. The van der Waals surface area contributed by atoms with Crippen LogP contribution in [0.4, 0.5) is 0 Å². The van der Waals surface area contributed by atoms with Gasteiger partial charge in [-0.05, 0) is 37.5 Å². The zero-order valence-corrected chi connectivity index (χ0v) is 10.2. The van der Waals surface area contributed by atoms with Crippen LogP contribution in [0.3, 0.4) is 0 Å². The fourth-order valence-electron chi connectivity index (χ4n) is 1.95. The van der Waals surface area contributed by atoms with Gasteiger partial charge in [0.1, 0.15) is 5.75 Å². The zero-order chi connectivity index (χ0) is 13.2. The van der Waals surface area contributed by atoms with Crippen LogP contribution in [0.2, 0.25) is 0 Å². The molecular formula is C14H15NO3. The van der Waals surface area contributed by atoms with Gasteiger partial charge in [0.25, 0.3) is 0 Å². The molecule has 1 atom stereocenters. The highest BCUT2D eigenvalue weighted by Gasteiger charge is 2.49. The Morgan fingerprint density at radius 2 is 2.11 bits per heavy atom. The Kier molecular flexibility index (Phi) is 3.24. The van der Waals surface area contributed by atoms with Gasteiger partial charge in [-0.1, -0.05) is 12.1 Å². The minimum atomic E-state index is -1.14. The van der Waals surface area contributed by atoms with E-state index in [1.807, 2.05) is 0 Å². The van der Waals surface area contributed by atoms with Crippen molar-refractivity contribution in [2.24, 2.45) is 5.92 Å². The number of rotatable bonds is 5. The third-order valence-corrected chi connectivity index (χ3v) is 3.32. The van der Waals surface area contributed by atoms with E-state index in [1.165, 1.54) is 0 Å². The van der Waals surface area contributed by atoms with Gasteiger partial charge in [0, 0.05) is 5.92 Å². The molecule has 0 bridgehead atoms. The van der Waals surface area contributed by atoms with Gasteiger partial charge >= 0.3 is 5.97 Å². The Morgan fingerprint density at radius 3 is 2.56 bits per heavy atom. The molecule has 4 nitrogen and oxygen atoms in total. The molecule has 94 valence electrons. The van der Waals surface area contributed by atoms with Crippen molar-refractivity contribution in [3.05, 3.63) is 29.8 Å². The second kappa shape index (κ2) is 4.69. The average molecular weight is 245 g/mol. The Hall–Kier alpha value is -2.02. The maximum absolute atomic E-state index is 11.3. The molecule has 0 radical (unpaired) electrons. The van der Waals surface area contributed by atoms with E-state index in [-0.39, 0.29) is 5.92 Å². The molecule has 18 heavy (non-hydrogen) atoms. The Bertz CT molecular complexity index is 485. The summed E-state index contributed by atoms with van der Waals surface area (Å²) in [4.78, 5) is 11.3. The van der Waals surface area contributed by atoms with Crippen molar-refractivity contribution in [1.29, 1.82) is 5.26 Å². The summed E-state index contributed by atoms with van der Waals surface area (Å²) in [6, 6.07) is 9.07. The lowest BCUT2D eigenvalue weighted by molar-refractivity contribution is -0.155. The van der Waals surface area contributed by atoms with Gasteiger partial charge in [0.05, 0.1) is 12.5 Å². The average Bonchev–Trinajstić information content (AvgIpc) is 3.16. The smallest absolute Gasteiger partial charge is 0.348 e. The summed E-state index contributed by atoms with van der Waals surface area (Å²) in [7, 11) is 0. The summed E-state index contributed by atoms with van der Waals surface area (Å²) in [5.41, 5.74) is -0.246. The number of hydrogen-bond donors (Lipinski definition) is 1. The summed E-state index contributed by atoms with van der Waals surface area (Å²) in [6.45, 7) is 1.62. The molecule has 2 rings (SSSR count). The SMILES string of the molecule is CC(Oc1ccc(CC#N)cc1)(C(=O)O)C1CC1. The van der Waals surface area contributed by atoms with Crippen LogP contribution in [0.1, 0.15) is 25.3 Å². The third-order valence-electron chi connectivity index (χ3n) is 3.32. The molecule has 1 aromatic rings. The summed E-state index contributed by atoms with van der Waals surface area (Å²) >= 11 is 0. The van der Waals surface area contributed by atoms with Gasteiger partial charge in [0.2, 0.25) is 5.60 Å². The van der Waals surface area contributed by atoms with Gasteiger partial charge in [0.15, 0.2) is 0 Å². The fourth-order valence-corrected chi connectivity index (χ4v) is 1.95. The first kappa shape index (κ1) is 12.4. The van der Waals surface area contributed by atoms with E-state index in [1.54, 1.807) is 31.2 Å². The standard InChI is InChI=1S/C14H15NO3/c1-14(13(16)17,11-4-5-11)18-12-6-2-10(3-7-12)8-9-15/h2-3,6-7,11H,4-5,8H2,1H3,(H,16,17). The molecule has 0 spiro atoms. The zero-order valence-electron chi connectivity index (χ0n) is 10.2. The lowest BCUT2D eigenvalue weighted by atomic mass is 10.0. The summed E-state index contributed by atoms with van der Waals surface area (Å²) in [5, 5.41) is 17.8. The summed E-state index contributed by atoms with van der Waals surface area (Å²) in [6.07, 6.45) is 2.14. The van der Waals surface area contributed by atoms with Gasteiger partial charge in [-0.3, -0.25) is 0 Å². The minimum Gasteiger partial charge on any atom is -0.478 e. The number of hydrogen-bond acceptors (Lipinski definition) is 3. The van der Waals surface area contributed by atoms with Crippen LogP contribution in [0, 0.1) is 17.2 Å². The summed E-state index contributed by atoms with van der Waals surface area (Å²) < 4.78 is 5.64. The van der Waals surface area contributed by atoms with E-state index in [9.17, 15) is 9.90 Å². The molecule has 0 saturated heterocycles. The van der Waals surface area contributed by atoms with Crippen molar-refractivity contribution >= 4 is 5.97 Å². The number of carboxylic acids is 1. The lowest BCUT2D eigenvalue weighted by Gasteiger charge is -2.26. The lowest BCUT2D eigenvalue weighted by Crippen LogP contribution is -2.43. The predicted molar refractivity (Wildman–Crippen MR) is 65.2 cm³/mol. The van der Waals surface area contributed by atoms with Crippen LogP contribution in [0.15, 0.2) is 24.3 Å². The molecule has 0 amide bonds. The molecule has 1 saturated carbocycles. The molecule has 0 heterocycles. The van der Waals surface area contributed by atoms with Crippen LogP contribution < -0.4 is 4.74 Å². The number of nitriles is 1. The first-order chi connectivity index (χ1) is 8.56. The van der Waals surface area contributed by atoms with Crippen LogP contribution in [-0.4, -0.2) is 16.7 Å². The summed E-state index contributed by atoms with van der Waals surface area (Å²) in [5.74, 6) is -0.298. The van der Waals surface area contributed by atoms with E-state index in [0.29, 0.717) is 12.2 Å². The number of carboxylic acid groups (broad SMARTS) is 1. The highest BCUT2D eigenvalue weighted by Crippen LogP contribution is 2.42. The quantitative estimate of drug-likeness (QED) is 0.864. The molecule has 0 aliphatic heterocycles. The van der Waals surface area contributed by atoms with Gasteiger partial charge in [-0.15, -0.1) is 0 Å². The van der Waals surface area contributed by atoms with Gasteiger partial charge in [-0.25, -0.2) is 4.79 Å². The van der Waals surface area contributed by atoms with E-state index >= 15 is 0 Å². The highest BCUT2D eigenvalue weighted by atomic mass is 16.5. The predicted octanol–water partition coefficient (Wildman–Crippen LogP) is 2.38. The monoisotopic (exact) mass is 245 g/mol. The second-order valence-corrected chi connectivity index (χ2v) is 4.77. The number of aliphatic carboxylic acids is 1. The molecular weight excluding hydrogens is 230 g/mol. The minimum absolute atomic E-state index is 0.0915. The number of carbonyl (C=O) groups is 1. The number of nitrogens with zero attached hydrogens (tertiary/aromatic N) is 1. The van der Waals surface area contributed by atoms with Crippen molar-refractivity contribution in [1.82, 2.24) is 0 Å². The van der Waals surface area contributed by atoms with E-state index in [2.05, 4.69) is 6.07 Å². The number of ether oxygens (including phenoxy) is 1. The van der Waals surface area contributed by atoms with Crippen LogP contribution in [0.5, 0.6) is 5.75 Å². The molecule has 1 aliphatic carbocycles. The van der Waals surface area contributed by atoms with Crippen molar-refractivity contribution in [3.8, 4) is 11.8 Å². The molecule has 1 unspecified atom stereocenters. The topological polar surface area (TPSA) is 70.3 Å². The van der Waals surface area contributed by atoms with Crippen molar-refractivity contribution in [3.63, 3.8) is 0 Å².